The van der Waals surface area contributed by atoms with Gasteiger partial charge in [0.2, 0.25) is 0 Å². The topological polar surface area (TPSA) is 18.5 Å². The summed E-state index contributed by atoms with van der Waals surface area (Å²) >= 11 is 0. The number of hydrogen-bond donors (Lipinski definition) is 0. The Labute approximate surface area is 132 Å². The maximum atomic E-state index is 12.9. The van der Waals surface area contributed by atoms with Crippen LogP contribution in [0.3, 0.4) is 0 Å². The van der Waals surface area contributed by atoms with Gasteiger partial charge in [-0.25, -0.2) is 0 Å². The molecule has 0 fully saturated rings. The first-order valence-corrected chi connectivity index (χ1v) is 7.32. The fourth-order valence-electron chi connectivity index (χ4n) is 2.66. The van der Waals surface area contributed by atoms with Crippen LogP contribution in [0.25, 0.3) is 0 Å². The van der Waals surface area contributed by atoms with Gasteiger partial charge in [0.05, 0.1) is 12.2 Å². The summed E-state index contributed by atoms with van der Waals surface area (Å²) in [7, 11) is 0. The van der Waals surface area contributed by atoms with Crippen molar-refractivity contribution in [2.75, 3.05) is 6.61 Å². The Morgan fingerprint density at radius 2 is 1.83 bits per heavy atom. The molecule has 2 nitrogen and oxygen atoms in total. The molecule has 0 radical (unpaired) electrons. The summed E-state index contributed by atoms with van der Waals surface area (Å²) in [5, 5.41) is 0. The van der Waals surface area contributed by atoms with E-state index >= 15 is 0 Å². The first-order valence-electron chi connectivity index (χ1n) is 7.32. The molecule has 0 saturated carbocycles. The molecule has 0 N–H and O–H groups in total. The maximum absolute atomic E-state index is 12.9. The van der Waals surface area contributed by atoms with Crippen molar-refractivity contribution in [1.82, 2.24) is 0 Å². The number of aryl methyl sites for hydroxylation is 1. The molecule has 1 aliphatic heterocycles. The average molecular weight is 322 g/mol. The van der Waals surface area contributed by atoms with Crippen molar-refractivity contribution in [2.45, 2.75) is 32.2 Å². The van der Waals surface area contributed by atoms with E-state index in [0.29, 0.717) is 17.9 Å². The zero-order valence-electron chi connectivity index (χ0n) is 12.9. The molecule has 0 aromatic heterocycles. The highest BCUT2D eigenvalue weighted by Crippen LogP contribution is 2.40. The van der Waals surface area contributed by atoms with E-state index in [1.807, 2.05) is 31.2 Å². The molecule has 122 valence electrons. The van der Waals surface area contributed by atoms with Crippen molar-refractivity contribution >= 4 is 0 Å². The van der Waals surface area contributed by atoms with E-state index in [1.54, 1.807) is 6.92 Å². The van der Waals surface area contributed by atoms with Gasteiger partial charge < -0.3 is 9.47 Å². The van der Waals surface area contributed by atoms with Crippen LogP contribution in [0.5, 0.6) is 5.75 Å². The van der Waals surface area contributed by atoms with Gasteiger partial charge in [-0.05, 0) is 49.2 Å². The largest absolute Gasteiger partial charge is 0.490 e. The quantitative estimate of drug-likeness (QED) is 0.805. The number of alkyl halides is 3. The van der Waals surface area contributed by atoms with E-state index in [1.165, 1.54) is 12.1 Å². The molecule has 2 aromatic rings. The molecule has 0 amide bonds. The van der Waals surface area contributed by atoms with Gasteiger partial charge in [-0.3, -0.25) is 0 Å². The number of fused-ring (bicyclic) bond motifs is 1. The second-order valence-electron chi connectivity index (χ2n) is 5.99. The minimum atomic E-state index is -4.36. The molecule has 5 heteroatoms. The van der Waals surface area contributed by atoms with Gasteiger partial charge in [-0.15, -0.1) is 0 Å². The summed E-state index contributed by atoms with van der Waals surface area (Å²) in [5.74, 6) is 0.667. The van der Waals surface area contributed by atoms with Crippen LogP contribution in [0.4, 0.5) is 13.2 Å². The number of benzene rings is 2. The van der Waals surface area contributed by atoms with Crippen molar-refractivity contribution in [3.8, 4) is 5.75 Å². The highest BCUT2D eigenvalue weighted by atomic mass is 19.4. The fraction of sp³-hybridized carbons (Fsp3) is 0.333. The van der Waals surface area contributed by atoms with Crippen molar-refractivity contribution in [3.05, 3.63) is 64.7 Å². The van der Waals surface area contributed by atoms with Crippen LogP contribution >= 0.6 is 0 Å². The van der Waals surface area contributed by atoms with Gasteiger partial charge >= 0.3 is 6.18 Å². The highest BCUT2D eigenvalue weighted by molar-refractivity contribution is 5.40. The lowest BCUT2D eigenvalue weighted by atomic mass is 9.93. The van der Waals surface area contributed by atoms with Crippen LogP contribution in [0, 0.1) is 6.92 Å². The predicted octanol–water partition coefficient (Wildman–Crippen LogP) is 4.84. The highest BCUT2D eigenvalue weighted by Gasteiger charge is 2.39. The monoisotopic (exact) mass is 322 g/mol. The van der Waals surface area contributed by atoms with Gasteiger partial charge in [0.25, 0.3) is 0 Å². The average Bonchev–Trinajstić information content (AvgIpc) is 2.83. The molecule has 3 rings (SSSR count). The standard InChI is InChI=1S/C18H17F3O2/c1-12-3-7-15(8-4-12)22-11-17(2)16-9-14(18(19,20)21)6-5-13(16)10-23-17/h3-9H,10-11H2,1-2H3. The summed E-state index contributed by atoms with van der Waals surface area (Å²) in [5.41, 5.74) is 0.873. The minimum absolute atomic E-state index is 0.157. The van der Waals surface area contributed by atoms with E-state index in [0.717, 1.165) is 17.2 Å². The molecule has 0 bridgehead atoms. The zero-order chi connectivity index (χ0) is 16.7. The molecule has 0 aliphatic carbocycles. The van der Waals surface area contributed by atoms with Gasteiger partial charge in [0.1, 0.15) is 18.0 Å². The first-order chi connectivity index (χ1) is 10.8. The van der Waals surface area contributed by atoms with Crippen LogP contribution in [-0.2, 0) is 23.1 Å². The third-order valence-corrected chi connectivity index (χ3v) is 4.09. The molecule has 0 spiro atoms. The fourth-order valence-corrected chi connectivity index (χ4v) is 2.66. The van der Waals surface area contributed by atoms with Crippen LogP contribution < -0.4 is 4.74 Å². The SMILES string of the molecule is Cc1ccc(OCC2(C)OCc3ccc(C(F)(F)F)cc32)cc1. The van der Waals surface area contributed by atoms with Crippen LogP contribution in [0.2, 0.25) is 0 Å². The predicted molar refractivity (Wildman–Crippen MR) is 80.3 cm³/mol. The Bertz CT molecular complexity index is 707. The lowest BCUT2D eigenvalue weighted by molar-refractivity contribution is -0.137. The van der Waals surface area contributed by atoms with E-state index < -0.39 is 17.3 Å². The molecular formula is C18H17F3O2. The summed E-state index contributed by atoms with van der Waals surface area (Å²) < 4.78 is 50.2. The molecule has 0 saturated heterocycles. The number of ether oxygens (including phenoxy) is 2. The Balaban J connectivity index is 1.83. The van der Waals surface area contributed by atoms with Gasteiger partial charge in [-0.1, -0.05) is 23.8 Å². The number of rotatable bonds is 3. The Hall–Kier alpha value is -2.01. The van der Waals surface area contributed by atoms with Crippen molar-refractivity contribution in [3.63, 3.8) is 0 Å². The molecule has 1 aliphatic rings. The van der Waals surface area contributed by atoms with Gasteiger partial charge in [-0.2, -0.15) is 13.2 Å². The lowest BCUT2D eigenvalue weighted by Gasteiger charge is -2.25. The maximum Gasteiger partial charge on any atom is 0.416 e. The van der Waals surface area contributed by atoms with E-state index in [9.17, 15) is 13.2 Å². The third-order valence-electron chi connectivity index (χ3n) is 4.09. The summed E-state index contributed by atoms with van der Waals surface area (Å²) in [6, 6.07) is 11.2. The molecule has 23 heavy (non-hydrogen) atoms. The van der Waals surface area contributed by atoms with Crippen molar-refractivity contribution in [1.29, 1.82) is 0 Å². The summed E-state index contributed by atoms with van der Waals surface area (Å²) in [4.78, 5) is 0. The second-order valence-corrected chi connectivity index (χ2v) is 5.99. The zero-order valence-corrected chi connectivity index (χ0v) is 12.9. The molecule has 1 unspecified atom stereocenters. The van der Waals surface area contributed by atoms with Crippen LogP contribution in [-0.4, -0.2) is 6.61 Å². The summed E-state index contributed by atoms with van der Waals surface area (Å²) in [6.07, 6.45) is -4.36. The smallest absolute Gasteiger partial charge is 0.416 e. The van der Waals surface area contributed by atoms with E-state index in [4.69, 9.17) is 9.47 Å². The van der Waals surface area contributed by atoms with E-state index in [2.05, 4.69) is 0 Å². The number of hydrogen-bond acceptors (Lipinski definition) is 2. The normalized spacial score (nSPS) is 20.4. The van der Waals surface area contributed by atoms with Crippen LogP contribution in [0.15, 0.2) is 42.5 Å². The van der Waals surface area contributed by atoms with Gasteiger partial charge in [0.15, 0.2) is 0 Å². The molecule has 1 heterocycles. The molecule has 1 atom stereocenters. The number of halogens is 3. The third kappa shape index (κ3) is 3.20. The van der Waals surface area contributed by atoms with E-state index in [-0.39, 0.29) is 6.61 Å². The van der Waals surface area contributed by atoms with Crippen molar-refractivity contribution in [2.24, 2.45) is 0 Å². The van der Waals surface area contributed by atoms with Crippen LogP contribution in [0.1, 0.15) is 29.2 Å². The van der Waals surface area contributed by atoms with Gasteiger partial charge in [0, 0.05) is 0 Å². The first kappa shape index (κ1) is 15.9. The molecule has 2 aromatic carbocycles. The Morgan fingerprint density at radius 1 is 1.13 bits per heavy atom. The second kappa shape index (κ2) is 5.57. The van der Waals surface area contributed by atoms with Crippen molar-refractivity contribution < 1.29 is 22.6 Å². The lowest BCUT2D eigenvalue weighted by Crippen LogP contribution is -2.29. The minimum Gasteiger partial charge on any atom is -0.490 e. The molecular weight excluding hydrogens is 305 g/mol. The Morgan fingerprint density at radius 3 is 2.48 bits per heavy atom. The Kier molecular flexibility index (Phi) is 3.84. The summed E-state index contributed by atoms with van der Waals surface area (Å²) in [6.45, 7) is 4.18.